The van der Waals surface area contributed by atoms with E-state index in [-0.39, 0.29) is 11.8 Å². The van der Waals surface area contributed by atoms with Gasteiger partial charge in [-0.25, -0.2) is 4.79 Å². The van der Waals surface area contributed by atoms with E-state index >= 15 is 0 Å². The Balaban J connectivity index is 1.63. The van der Waals surface area contributed by atoms with E-state index in [0.29, 0.717) is 40.1 Å². The molecule has 1 aromatic heterocycles. The molecule has 0 saturated heterocycles. The average Bonchev–Trinajstić information content (AvgIpc) is 3.50. The third-order valence-electron chi connectivity index (χ3n) is 4.78. The lowest BCUT2D eigenvalue weighted by Gasteiger charge is -2.08. The Morgan fingerprint density at radius 3 is 2.86 bits per heavy atom. The number of aromatic nitrogens is 3. The minimum atomic E-state index is -0.421. The van der Waals surface area contributed by atoms with Crippen LogP contribution in [0.3, 0.4) is 0 Å². The van der Waals surface area contributed by atoms with Gasteiger partial charge in [-0.1, -0.05) is 17.7 Å². The van der Waals surface area contributed by atoms with Gasteiger partial charge < -0.3 is 15.8 Å². The quantitative estimate of drug-likeness (QED) is 0.537. The first-order chi connectivity index (χ1) is 14.0. The number of amides is 1. The Morgan fingerprint density at radius 1 is 1.34 bits per heavy atom. The zero-order valence-corrected chi connectivity index (χ0v) is 16.5. The Labute approximate surface area is 171 Å². The van der Waals surface area contributed by atoms with Gasteiger partial charge in [-0.15, -0.1) is 5.10 Å². The van der Waals surface area contributed by atoms with Crippen molar-refractivity contribution in [1.82, 2.24) is 20.1 Å². The number of aromatic amines is 1. The zero-order valence-electron chi connectivity index (χ0n) is 15.7. The molecule has 1 fully saturated rings. The molecule has 1 saturated carbocycles. The van der Waals surface area contributed by atoms with Gasteiger partial charge in [0.15, 0.2) is 5.82 Å². The number of halogens is 1. The average molecular weight is 414 g/mol. The second-order valence-electron chi connectivity index (χ2n) is 6.92. The first kappa shape index (κ1) is 19.1. The van der Waals surface area contributed by atoms with E-state index in [1.807, 2.05) is 12.1 Å². The smallest absolute Gasteiger partial charge is 0.348 e. The highest BCUT2D eigenvalue weighted by molar-refractivity contribution is 6.33. The van der Waals surface area contributed by atoms with E-state index in [4.69, 9.17) is 22.1 Å². The number of benzene rings is 2. The van der Waals surface area contributed by atoms with Gasteiger partial charge in [-0.05, 0) is 42.7 Å². The normalized spacial score (nSPS) is 13.3. The minimum Gasteiger partial charge on any atom is -0.495 e. The van der Waals surface area contributed by atoms with E-state index < -0.39 is 5.69 Å². The molecular weight excluding hydrogens is 394 g/mol. The molecule has 0 spiro atoms. The van der Waals surface area contributed by atoms with E-state index in [0.717, 1.165) is 18.4 Å². The Morgan fingerprint density at radius 2 is 2.14 bits per heavy atom. The largest absolute Gasteiger partial charge is 0.495 e. The predicted octanol–water partition coefficient (Wildman–Crippen LogP) is 2.50. The number of nitrogens with zero attached hydrogens (tertiary/aromatic N) is 2. The molecule has 0 unspecified atom stereocenters. The molecule has 8 nitrogen and oxygen atoms in total. The lowest BCUT2D eigenvalue weighted by Crippen LogP contribution is -2.24. The number of H-pyrrole nitrogens is 1. The standard InChI is InChI=1S/C20H20ClN5O3/c1-29-17-9-13(5-7-16(17)22)26-20(28)24-18(25-26)14-8-11(2-6-15(14)21)10-23-19(27)12-3-4-12/h2,5-9,12H,3-4,10,22H2,1H3,(H,23,27)(H,24,25,28). The first-order valence-electron chi connectivity index (χ1n) is 9.16. The highest BCUT2D eigenvalue weighted by Gasteiger charge is 2.29. The van der Waals surface area contributed by atoms with E-state index in [1.54, 1.807) is 24.3 Å². The number of anilines is 1. The molecule has 150 valence electrons. The second-order valence-corrected chi connectivity index (χ2v) is 7.33. The van der Waals surface area contributed by atoms with E-state index in [9.17, 15) is 9.59 Å². The van der Waals surface area contributed by atoms with Crippen molar-refractivity contribution in [2.45, 2.75) is 19.4 Å². The lowest BCUT2D eigenvalue weighted by molar-refractivity contribution is -0.122. The molecule has 4 rings (SSSR count). The molecule has 0 radical (unpaired) electrons. The summed E-state index contributed by atoms with van der Waals surface area (Å²) in [6.07, 6.45) is 1.90. The summed E-state index contributed by atoms with van der Waals surface area (Å²) in [6.45, 7) is 0.388. The van der Waals surface area contributed by atoms with Crippen LogP contribution in [-0.2, 0) is 11.3 Å². The minimum absolute atomic E-state index is 0.0662. The number of hydrogen-bond acceptors (Lipinski definition) is 5. The van der Waals surface area contributed by atoms with Crippen molar-refractivity contribution in [3.63, 3.8) is 0 Å². The van der Waals surface area contributed by atoms with Crippen molar-refractivity contribution in [1.29, 1.82) is 0 Å². The van der Waals surface area contributed by atoms with Crippen LogP contribution in [0, 0.1) is 5.92 Å². The highest BCUT2D eigenvalue weighted by atomic mass is 35.5. The molecular formula is C20H20ClN5O3. The number of methoxy groups -OCH3 is 1. The number of rotatable bonds is 6. The number of nitrogen functional groups attached to an aromatic ring is 1. The second kappa shape index (κ2) is 7.63. The first-order valence-corrected chi connectivity index (χ1v) is 9.54. The van der Waals surface area contributed by atoms with Crippen molar-refractivity contribution < 1.29 is 9.53 Å². The number of nitrogens with one attached hydrogen (secondary N) is 2. The summed E-state index contributed by atoms with van der Waals surface area (Å²) in [5.41, 5.74) is 7.82. The van der Waals surface area contributed by atoms with E-state index in [1.165, 1.54) is 11.8 Å². The number of nitrogens with two attached hydrogens (primary N) is 1. The van der Waals surface area contributed by atoms with Gasteiger partial charge in [0.25, 0.3) is 0 Å². The zero-order chi connectivity index (χ0) is 20.5. The third-order valence-corrected chi connectivity index (χ3v) is 5.11. The lowest BCUT2D eigenvalue weighted by atomic mass is 10.1. The van der Waals surface area contributed by atoms with Gasteiger partial charge in [0.05, 0.1) is 23.5 Å². The Kier molecular flexibility index (Phi) is 5.02. The van der Waals surface area contributed by atoms with Gasteiger partial charge in [0, 0.05) is 24.1 Å². The summed E-state index contributed by atoms with van der Waals surface area (Å²) in [5.74, 6) is 0.985. The van der Waals surface area contributed by atoms with Gasteiger partial charge >= 0.3 is 5.69 Å². The molecule has 29 heavy (non-hydrogen) atoms. The monoisotopic (exact) mass is 413 g/mol. The molecule has 0 bridgehead atoms. The molecule has 1 amide bonds. The van der Waals surface area contributed by atoms with Gasteiger partial charge in [0.2, 0.25) is 5.91 Å². The van der Waals surface area contributed by atoms with Crippen molar-refractivity contribution in [2.75, 3.05) is 12.8 Å². The van der Waals surface area contributed by atoms with Crippen LogP contribution in [0.25, 0.3) is 17.1 Å². The molecule has 3 aromatic rings. The Bertz CT molecular complexity index is 1130. The van der Waals surface area contributed by atoms with E-state index in [2.05, 4.69) is 15.4 Å². The van der Waals surface area contributed by atoms with Crippen molar-refractivity contribution >= 4 is 23.2 Å². The molecule has 0 aliphatic heterocycles. The summed E-state index contributed by atoms with van der Waals surface area (Å²) >= 11 is 6.33. The maximum absolute atomic E-state index is 12.5. The van der Waals surface area contributed by atoms with Crippen molar-refractivity contribution in [3.8, 4) is 22.8 Å². The predicted molar refractivity (Wildman–Crippen MR) is 110 cm³/mol. The van der Waals surface area contributed by atoms with Crippen LogP contribution in [0.5, 0.6) is 5.75 Å². The maximum atomic E-state index is 12.5. The summed E-state index contributed by atoms with van der Waals surface area (Å²) in [4.78, 5) is 27.1. The van der Waals surface area contributed by atoms with Crippen LogP contribution >= 0.6 is 11.6 Å². The maximum Gasteiger partial charge on any atom is 0.348 e. The summed E-state index contributed by atoms with van der Waals surface area (Å²) in [6, 6.07) is 10.3. The highest BCUT2D eigenvalue weighted by Crippen LogP contribution is 2.30. The number of carbonyl (C=O) groups is 1. The summed E-state index contributed by atoms with van der Waals surface area (Å²) in [5, 5.41) is 7.73. The van der Waals surface area contributed by atoms with Crippen LogP contribution < -0.4 is 21.5 Å². The molecule has 1 heterocycles. The Hall–Kier alpha value is -3.26. The molecule has 1 aliphatic rings. The molecule has 9 heteroatoms. The SMILES string of the molecule is COc1cc(-n2nc(-c3cc(CNC(=O)C4CC4)ccc3Cl)[nH]c2=O)ccc1N. The number of ether oxygens (including phenoxy) is 1. The van der Waals surface area contributed by atoms with Crippen LogP contribution in [0.4, 0.5) is 5.69 Å². The fourth-order valence-electron chi connectivity index (χ4n) is 3.00. The van der Waals surface area contributed by atoms with Crippen LogP contribution in [-0.4, -0.2) is 27.8 Å². The number of carbonyl (C=O) groups excluding carboxylic acids is 1. The third kappa shape index (κ3) is 3.97. The topological polar surface area (TPSA) is 115 Å². The van der Waals surface area contributed by atoms with Gasteiger partial charge in [-0.3, -0.25) is 9.78 Å². The van der Waals surface area contributed by atoms with Crippen LogP contribution in [0.1, 0.15) is 18.4 Å². The molecule has 1 aliphatic carbocycles. The van der Waals surface area contributed by atoms with Gasteiger partial charge in [-0.2, -0.15) is 4.68 Å². The van der Waals surface area contributed by atoms with Crippen molar-refractivity contribution in [3.05, 3.63) is 57.5 Å². The van der Waals surface area contributed by atoms with Crippen LogP contribution in [0.15, 0.2) is 41.2 Å². The molecule has 4 N–H and O–H groups in total. The fraction of sp³-hybridized carbons (Fsp3) is 0.250. The van der Waals surface area contributed by atoms with Crippen LogP contribution in [0.2, 0.25) is 5.02 Å². The summed E-state index contributed by atoms with van der Waals surface area (Å²) < 4.78 is 6.42. The van der Waals surface area contributed by atoms with Gasteiger partial charge in [0.1, 0.15) is 5.75 Å². The molecule has 0 atom stereocenters. The summed E-state index contributed by atoms with van der Waals surface area (Å²) in [7, 11) is 1.50. The number of hydrogen-bond donors (Lipinski definition) is 3. The molecule has 2 aromatic carbocycles. The fourth-order valence-corrected chi connectivity index (χ4v) is 3.20. The van der Waals surface area contributed by atoms with Crippen molar-refractivity contribution in [2.24, 2.45) is 5.92 Å².